The zero-order valence-electron chi connectivity index (χ0n) is 16.1. The van der Waals surface area contributed by atoms with E-state index in [2.05, 4.69) is 23.2 Å². The van der Waals surface area contributed by atoms with Gasteiger partial charge in [0.2, 0.25) is 5.91 Å². The second-order valence-corrected chi connectivity index (χ2v) is 6.97. The zero-order chi connectivity index (χ0) is 19.5. The summed E-state index contributed by atoms with van der Waals surface area (Å²) in [5, 5.41) is 0. The molecule has 0 saturated carbocycles. The average Bonchev–Trinajstić information content (AvgIpc) is 3.17. The Morgan fingerprint density at radius 1 is 1.18 bits per heavy atom. The van der Waals surface area contributed by atoms with Gasteiger partial charge in [-0.1, -0.05) is 30.3 Å². The van der Waals surface area contributed by atoms with E-state index in [0.717, 1.165) is 35.7 Å². The number of hydrogen-bond donors (Lipinski definition) is 0. The molecule has 1 aliphatic rings. The quantitative estimate of drug-likeness (QED) is 0.654. The first-order valence-corrected chi connectivity index (χ1v) is 9.37. The number of methoxy groups -OCH3 is 1. The number of benzene rings is 2. The maximum atomic E-state index is 12.6. The summed E-state index contributed by atoms with van der Waals surface area (Å²) < 4.78 is 7.46. The molecule has 0 N–H and O–H groups in total. The van der Waals surface area contributed by atoms with Crippen LogP contribution in [0.1, 0.15) is 22.4 Å². The number of imidazole rings is 1. The summed E-state index contributed by atoms with van der Waals surface area (Å²) in [5.74, 6) is 0.765. The van der Waals surface area contributed by atoms with Gasteiger partial charge in [-0.3, -0.25) is 4.79 Å². The Balaban J connectivity index is 1.49. The van der Waals surface area contributed by atoms with E-state index >= 15 is 0 Å². The molecule has 28 heavy (non-hydrogen) atoms. The predicted molar refractivity (Wildman–Crippen MR) is 109 cm³/mol. The molecule has 1 amide bonds. The van der Waals surface area contributed by atoms with Crippen molar-refractivity contribution in [3.05, 3.63) is 83.4 Å². The summed E-state index contributed by atoms with van der Waals surface area (Å²) in [4.78, 5) is 18.8. The fraction of sp³-hybridized carbons (Fsp3) is 0.217. The van der Waals surface area contributed by atoms with Gasteiger partial charge < -0.3 is 14.2 Å². The largest absolute Gasteiger partial charge is 0.495 e. The standard InChI is InChI=1S/C23H23N3O2/c1-17-14-26(16-24-17)21-9-7-18(13-22(21)28-2)8-10-23(27)25-12-11-19-5-3-4-6-20(19)15-25/h3-10,13-14,16H,11-12,15H2,1-2H3/b10-8+. The van der Waals surface area contributed by atoms with E-state index in [0.29, 0.717) is 6.54 Å². The smallest absolute Gasteiger partial charge is 0.246 e. The average molecular weight is 373 g/mol. The molecule has 4 rings (SSSR count). The van der Waals surface area contributed by atoms with Crippen molar-refractivity contribution < 1.29 is 9.53 Å². The number of aromatic nitrogens is 2. The van der Waals surface area contributed by atoms with Crippen LogP contribution in [0.4, 0.5) is 0 Å². The molecule has 5 heteroatoms. The summed E-state index contributed by atoms with van der Waals surface area (Å²) in [5.41, 5.74) is 5.35. The predicted octanol–water partition coefficient (Wildman–Crippen LogP) is 3.79. The third kappa shape index (κ3) is 3.69. The van der Waals surface area contributed by atoms with Crippen molar-refractivity contribution in [3.63, 3.8) is 0 Å². The molecule has 0 bridgehead atoms. The van der Waals surface area contributed by atoms with E-state index in [-0.39, 0.29) is 5.91 Å². The molecular weight excluding hydrogens is 350 g/mol. The Bertz CT molecular complexity index is 1040. The summed E-state index contributed by atoms with van der Waals surface area (Å²) >= 11 is 0. The summed E-state index contributed by atoms with van der Waals surface area (Å²) in [7, 11) is 1.65. The van der Waals surface area contributed by atoms with Crippen molar-refractivity contribution in [1.82, 2.24) is 14.5 Å². The third-order valence-electron chi connectivity index (χ3n) is 5.05. The highest BCUT2D eigenvalue weighted by Gasteiger charge is 2.18. The van der Waals surface area contributed by atoms with Crippen molar-refractivity contribution >= 4 is 12.0 Å². The Morgan fingerprint density at radius 2 is 2.00 bits per heavy atom. The Morgan fingerprint density at radius 3 is 2.75 bits per heavy atom. The normalized spacial score (nSPS) is 13.6. The van der Waals surface area contributed by atoms with Crippen LogP contribution in [0.15, 0.2) is 61.1 Å². The maximum absolute atomic E-state index is 12.6. The number of carbonyl (C=O) groups is 1. The van der Waals surface area contributed by atoms with Gasteiger partial charge in [-0.2, -0.15) is 0 Å². The zero-order valence-corrected chi connectivity index (χ0v) is 16.1. The van der Waals surface area contributed by atoms with Crippen LogP contribution in [-0.2, 0) is 17.8 Å². The van der Waals surface area contributed by atoms with Crippen LogP contribution < -0.4 is 4.74 Å². The highest BCUT2D eigenvalue weighted by molar-refractivity contribution is 5.92. The van der Waals surface area contributed by atoms with E-state index in [4.69, 9.17) is 4.74 Å². The lowest BCUT2D eigenvalue weighted by Crippen LogP contribution is -2.34. The number of aryl methyl sites for hydroxylation is 1. The number of carbonyl (C=O) groups excluding carboxylic acids is 1. The van der Waals surface area contributed by atoms with Gasteiger partial charge in [0.05, 0.1) is 24.8 Å². The number of nitrogens with zero attached hydrogens (tertiary/aromatic N) is 3. The number of hydrogen-bond acceptors (Lipinski definition) is 3. The van der Waals surface area contributed by atoms with Gasteiger partial charge in [0.25, 0.3) is 0 Å². The summed E-state index contributed by atoms with van der Waals surface area (Å²) in [6.45, 7) is 3.37. The first-order chi connectivity index (χ1) is 13.6. The minimum absolute atomic E-state index is 0.0304. The highest BCUT2D eigenvalue weighted by atomic mass is 16.5. The van der Waals surface area contributed by atoms with Gasteiger partial charge in [0.1, 0.15) is 5.75 Å². The fourth-order valence-corrected chi connectivity index (χ4v) is 3.52. The molecule has 0 atom stereocenters. The van der Waals surface area contributed by atoms with Gasteiger partial charge in [-0.15, -0.1) is 0 Å². The lowest BCUT2D eigenvalue weighted by molar-refractivity contribution is -0.126. The topological polar surface area (TPSA) is 47.4 Å². The van der Waals surface area contributed by atoms with Crippen LogP contribution in [0.2, 0.25) is 0 Å². The third-order valence-corrected chi connectivity index (χ3v) is 5.05. The molecule has 0 saturated heterocycles. The molecule has 0 radical (unpaired) electrons. The molecule has 3 aromatic rings. The Hall–Kier alpha value is -3.34. The summed E-state index contributed by atoms with van der Waals surface area (Å²) in [6.07, 6.45) is 8.10. The van der Waals surface area contributed by atoms with Crippen LogP contribution in [0.5, 0.6) is 5.75 Å². The van der Waals surface area contributed by atoms with Crippen molar-refractivity contribution in [3.8, 4) is 11.4 Å². The van der Waals surface area contributed by atoms with Crippen LogP contribution in [0.25, 0.3) is 11.8 Å². The first kappa shape index (κ1) is 18.0. The van der Waals surface area contributed by atoms with Crippen molar-refractivity contribution in [2.24, 2.45) is 0 Å². The second kappa shape index (κ2) is 7.72. The van der Waals surface area contributed by atoms with Crippen LogP contribution >= 0.6 is 0 Å². The maximum Gasteiger partial charge on any atom is 0.246 e. The number of amides is 1. The van der Waals surface area contributed by atoms with Crippen molar-refractivity contribution in [2.45, 2.75) is 19.9 Å². The molecule has 142 valence electrons. The SMILES string of the molecule is COc1cc(/C=C/C(=O)N2CCc3ccccc3C2)ccc1-n1cnc(C)c1. The van der Waals surface area contributed by atoms with Crippen molar-refractivity contribution in [1.29, 1.82) is 0 Å². The van der Waals surface area contributed by atoms with Crippen LogP contribution in [-0.4, -0.2) is 34.0 Å². The molecular formula is C23H23N3O2. The molecule has 1 aliphatic heterocycles. The molecule has 1 aromatic heterocycles. The molecule has 0 unspecified atom stereocenters. The molecule has 2 aromatic carbocycles. The van der Waals surface area contributed by atoms with Gasteiger partial charge in [0, 0.05) is 25.4 Å². The highest BCUT2D eigenvalue weighted by Crippen LogP contribution is 2.25. The van der Waals surface area contributed by atoms with Crippen molar-refractivity contribution in [2.75, 3.05) is 13.7 Å². The minimum atomic E-state index is 0.0304. The minimum Gasteiger partial charge on any atom is -0.495 e. The monoisotopic (exact) mass is 373 g/mol. The van der Waals surface area contributed by atoms with Crippen LogP contribution in [0.3, 0.4) is 0 Å². The van der Waals surface area contributed by atoms with E-state index in [1.165, 1.54) is 11.1 Å². The number of fused-ring (bicyclic) bond motifs is 1. The van der Waals surface area contributed by atoms with Crippen LogP contribution in [0, 0.1) is 6.92 Å². The molecule has 5 nitrogen and oxygen atoms in total. The van der Waals surface area contributed by atoms with E-state index in [1.807, 2.05) is 52.9 Å². The molecule has 0 spiro atoms. The number of rotatable bonds is 4. The summed E-state index contributed by atoms with van der Waals surface area (Å²) in [6, 6.07) is 14.2. The lowest BCUT2D eigenvalue weighted by atomic mass is 10.00. The fourth-order valence-electron chi connectivity index (χ4n) is 3.52. The number of ether oxygens (including phenoxy) is 1. The van der Waals surface area contributed by atoms with Gasteiger partial charge in [0.15, 0.2) is 0 Å². The van der Waals surface area contributed by atoms with E-state index < -0.39 is 0 Å². The Kier molecular flexibility index (Phi) is 4.98. The van der Waals surface area contributed by atoms with Gasteiger partial charge in [-0.25, -0.2) is 4.98 Å². The van der Waals surface area contributed by atoms with Gasteiger partial charge in [-0.05, 0) is 48.2 Å². The first-order valence-electron chi connectivity index (χ1n) is 9.37. The second-order valence-electron chi connectivity index (χ2n) is 6.97. The Labute approximate surface area is 164 Å². The molecule has 2 heterocycles. The molecule has 0 aliphatic carbocycles. The van der Waals surface area contributed by atoms with Gasteiger partial charge >= 0.3 is 0 Å². The van der Waals surface area contributed by atoms with E-state index in [9.17, 15) is 4.79 Å². The van der Waals surface area contributed by atoms with E-state index in [1.54, 1.807) is 19.5 Å². The lowest BCUT2D eigenvalue weighted by Gasteiger charge is -2.27. The molecule has 0 fully saturated rings.